The summed E-state index contributed by atoms with van der Waals surface area (Å²) in [5.41, 5.74) is 1.27. The maximum Gasteiger partial charge on any atom is 0.416 e. The maximum absolute atomic E-state index is 13.3. The van der Waals surface area contributed by atoms with Gasteiger partial charge in [0.05, 0.1) is 30.2 Å². The number of morpholine rings is 1. The van der Waals surface area contributed by atoms with Crippen molar-refractivity contribution < 1.29 is 22.7 Å². The van der Waals surface area contributed by atoms with E-state index < -0.39 is 11.7 Å². The van der Waals surface area contributed by atoms with Crippen LogP contribution in [0.15, 0.2) is 48.5 Å². The lowest BCUT2D eigenvalue weighted by molar-refractivity contribution is -0.137. The van der Waals surface area contributed by atoms with Crippen molar-refractivity contribution >= 4 is 17.4 Å². The number of alkyl halides is 3. The fourth-order valence-electron chi connectivity index (χ4n) is 4.19. The SMILES string of the molecule is O=C(Nc1cc(C(F)(F)F)ccc1N1CCOCC1)N1CCN(CCc2ccccc2)CC1. The largest absolute Gasteiger partial charge is 0.416 e. The minimum absolute atomic E-state index is 0.184. The van der Waals surface area contributed by atoms with Crippen LogP contribution in [-0.4, -0.2) is 74.9 Å². The van der Waals surface area contributed by atoms with E-state index in [4.69, 9.17) is 4.74 Å². The van der Waals surface area contributed by atoms with E-state index in [0.717, 1.165) is 38.2 Å². The zero-order valence-corrected chi connectivity index (χ0v) is 18.5. The molecule has 0 atom stereocenters. The number of anilines is 2. The molecule has 0 saturated carbocycles. The molecule has 2 fully saturated rings. The molecule has 2 heterocycles. The van der Waals surface area contributed by atoms with Crippen LogP contribution in [0.5, 0.6) is 0 Å². The summed E-state index contributed by atoms with van der Waals surface area (Å²) in [5.74, 6) is 0. The normalized spacial score (nSPS) is 17.8. The van der Waals surface area contributed by atoms with Crippen LogP contribution < -0.4 is 10.2 Å². The highest BCUT2D eigenvalue weighted by Crippen LogP contribution is 2.36. The van der Waals surface area contributed by atoms with E-state index in [1.165, 1.54) is 11.6 Å². The highest BCUT2D eigenvalue weighted by Gasteiger charge is 2.32. The van der Waals surface area contributed by atoms with Gasteiger partial charge in [0.25, 0.3) is 0 Å². The van der Waals surface area contributed by atoms with Gasteiger partial charge in [0.2, 0.25) is 0 Å². The Balaban J connectivity index is 1.38. The van der Waals surface area contributed by atoms with E-state index >= 15 is 0 Å². The summed E-state index contributed by atoms with van der Waals surface area (Å²) in [6, 6.07) is 13.4. The molecule has 9 heteroatoms. The van der Waals surface area contributed by atoms with Gasteiger partial charge in [-0.05, 0) is 30.2 Å². The molecule has 33 heavy (non-hydrogen) atoms. The molecule has 0 aromatic heterocycles. The average Bonchev–Trinajstić information content (AvgIpc) is 2.83. The molecule has 4 rings (SSSR count). The zero-order valence-electron chi connectivity index (χ0n) is 18.5. The summed E-state index contributed by atoms with van der Waals surface area (Å²) in [6.07, 6.45) is -3.53. The molecule has 2 amide bonds. The lowest BCUT2D eigenvalue weighted by Gasteiger charge is -2.35. The second-order valence-corrected chi connectivity index (χ2v) is 8.32. The summed E-state index contributed by atoms with van der Waals surface area (Å²) in [6.45, 7) is 5.58. The first-order valence-corrected chi connectivity index (χ1v) is 11.3. The third kappa shape index (κ3) is 6.17. The van der Waals surface area contributed by atoms with Crippen molar-refractivity contribution in [3.8, 4) is 0 Å². The van der Waals surface area contributed by atoms with Gasteiger partial charge in [-0.2, -0.15) is 13.2 Å². The number of nitrogens with zero attached hydrogens (tertiary/aromatic N) is 3. The monoisotopic (exact) mass is 462 g/mol. The Kier molecular flexibility index (Phi) is 7.39. The van der Waals surface area contributed by atoms with Crippen molar-refractivity contribution in [3.63, 3.8) is 0 Å². The van der Waals surface area contributed by atoms with E-state index in [2.05, 4.69) is 22.3 Å². The lowest BCUT2D eigenvalue weighted by atomic mass is 10.1. The van der Waals surface area contributed by atoms with E-state index in [-0.39, 0.29) is 11.7 Å². The number of hydrogen-bond acceptors (Lipinski definition) is 4. The molecule has 1 N–H and O–H groups in total. The molecule has 2 aromatic carbocycles. The Labute approximate surface area is 191 Å². The fraction of sp³-hybridized carbons (Fsp3) is 0.458. The minimum atomic E-state index is -4.48. The van der Waals surface area contributed by atoms with Crippen molar-refractivity contribution in [2.24, 2.45) is 0 Å². The van der Waals surface area contributed by atoms with Crippen molar-refractivity contribution in [2.75, 3.05) is 69.2 Å². The van der Waals surface area contributed by atoms with Crippen molar-refractivity contribution in [2.45, 2.75) is 12.6 Å². The highest BCUT2D eigenvalue weighted by molar-refractivity contribution is 5.93. The number of carbonyl (C=O) groups is 1. The first kappa shape index (κ1) is 23.4. The topological polar surface area (TPSA) is 48.1 Å². The number of hydrogen-bond donors (Lipinski definition) is 1. The van der Waals surface area contributed by atoms with Crippen LogP contribution in [0.3, 0.4) is 0 Å². The van der Waals surface area contributed by atoms with Crippen LogP contribution in [0.2, 0.25) is 0 Å². The van der Waals surface area contributed by atoms with Gasteiger partial charge in [-0.1, -0.05) is 30.3 Å². The number of halogens is 3. The number of piperazine rings is 1. The molecule has 2 aliphatic rings. The Hall–Kier alpha value is -2.78. The van der Waals surface area contributed by atoms with E-state index in [0.29, 0.717) is 45.1 Å². The maximum atomic E-state index is 13.3. The molecule has 0 spiro atoms. The van der Waals surface area contributed by atoms with Crippen LogP contribution in [0, 0.1) is 0 Å². The van der Waals surface area contributed by atoms with Gasteiger partial charge in [0.1, 0.15) is 0 Å². The van der Waals surface area contributed by atoms with Gasteiger partial charge in [-0.25, -0.2) is 4.79 Å². The predicted octanol–water partition coefficient (Wildman–Crippen LogP) is 3.93. The molecule has 0 bridgehead atoms. The summed E-state index contributed by atoms with van der Waals surface area (Å²) in [5, 5.41) is 2.75. The Bertz CT molecular complexity index is 925. The summed E-state index contributed by atoms with van der Waals surface area (Å²) in [7, 11) is 0. The Morgan fingerprint density at radius 1 is 0.939 bits per heavy atom. The summed E-state index contributed by atoms with van der Waals surface area (Å²) in [4.78, 5) is 18.8. The molecule has 0 aliphatic carbocycles. The van der Waals surface area contributed by atoms with Crippen LogP contribution >= 0.6 is 0 Å². The number of nitrogens with one attached hydrogen (secondary N) is 1. The fourth-order valence-corrected chi connectivity index (χ4v) is 4.19. The average molecular weight is 463 g/mol. The molecule has 2 saturated heterocycles. The first-order chi connectivity index (χ1) is 15.9. The van der Waals surface area contributed by atoms with Crippen LogP contribution in [-0.2, 0) is 17.3 Å². The number of carbonyl (C=O) groups excluding carboxylic acids is 1. The Morgan fingerprint density at radius 3 is 2.30 bits per heavy atom. The van der Waals surface area contributed by atoms with Gasteiger partial charge < -0.3 is 19.9 Å². The number of urea groups is 1. The van der Waals surface area contributed by atoms with Gasteiger partial charge in [0.15, 0.2) is 0 Å². The molecule has 0 unspecified atom stereocenters. The molecule has 0 radical (unpaired) electrons. The molecule has 178 valence electrons. The Morgan fingerprint density at radius 2 is 1.64 bits per heavy atom. The van der Waals surface area contributed by atoms with Crippen molar-refractivity contribution in [3.05, 3.63) is 59.7 Å². The van der Waals surface area contributed by atoms with Crippen LogP contribution in [0.25, 0.3) is 0 Å². The molecular formula is C24H29F3N4O2. The number of benzene rings is 2. The second-order valence-electron chi connectivity index (χ2n) is 8.32. The third-order valence-electron chi connectivity index (χ3n) is 6.14. The van der Waals surface area contributed by atoms with E-state index in [9.17, 15) is 18.0 Å². The lowest BCUT2D eigenvalue weighted by Crippen LogP contribution is -2.50. The standard InChI is InChI=1S/C24H29F3N4O2/c25-24(26,27)20-6-7-22(30-14-16-33-17-15-30)21(18-20)28-23(32)31-12-10-29(11-13-31)9-8-19-4-2-1-3-5-19/h1-7,18H,8-17H2,(H,28,32). The van der Waals surface area contributed by atoms with Crippen LogP contribution in [0.1, 0.15) is 11.1 Å². The highest BCUT2D eigenvalue weighted by atomic mass is 19.4. The van der Waals surface area contributed by atoms with E-state index in [1.54, 1.807) is 4.90 Å². The van der Waals surface area contributed by atoms with Gasteiger partial charge >= 0.3 is 12.2 Å². The molecular weight excluding hydrogens is 433 g/mol. The van der Waals surface area contributed by atoms with Crippen molar-refractivity contribution in [1.29, 1.82) is 0 Å². The molecule has 2 aromatic rings. The molecule has 6 nitrogen and oxygen atoms in total. The van der Waals surface area contributed by atoms with Gasteiger partial charge in [0, 0.05) is 45.8 Å². The zero-order chi connectivity index (χ0) is 23.3. The van der Waals surface area contributed by atoms with Crippen LogP contribution in [0.4, 0.5) is 29.3 Å². The first-order valence-electron chi connectivity index (χ1n) is 11.3. The van der Waals surface area contributed by atoms with Crippen molar-refractivity contribution in [1.82, 2.24) is 9.80 Å². The summed E-state index contributed by atoms with van der Waals surface area (Å²) >= 11 is 0. The number of amides is 2. The summed E-state index contributed by atoms with van der Waals surface area (Å²) < 4.78 is 45.3. The smallest absolute Gasteiger partial charge is 0.378 e. The van der Waals surface area contributed by atoms with Gasteiger partial charge in [-0.3, -0.25) is 4.90 Å². The molecule has 2 aliphatic heterocycles. The second kappa shape index (κ2) is 10.4. The number of ether oxygens (including phenoxy) is 1. The van der Waals surface area contributed by atoms with E-state index in [1.807, 2.05) is 23.1 Å². The third-order valence-corrected chi connectivity index (χ3v) is 6.14. The quantitative estimate of drug-likeness (QED) is 0.732. The predicted molar refractivity (Wildman–Crippen MR) is 122 cm³/mol. The van der Waals surface area contributed by atoms with Gasteiger partial charge in [-0.15, -0.1) is 0 Å². The number of rotatable bonds is 5. The minimum Gasteiger partial charge on any atom is -0.378 e.